The summed E-state index contributed by atoms with van der Waals surface area (Å²) in [6, 6.07) is 5.97. The Hall–Kier alpha value is -1.64. The van der Waals surface area contributed by atoms with E-state index in [-0.39, 0.29) is 0 Å². The maximum atomic E-state index is 13.0. The lowest BCUT2D eigenvalue weighted by molar-refractivity contribution is -0.133. The molecule has 2 aliphatic rings. The Morgan fingerprint density at radius 1 is 1.08 bits per heavy atom. The standard InChI is InChI=1S/C21H30N2O/c24-21(15-18-9-3-1-4-10-18)23(16-19-11-5-2-6-12-19)17-20-13-7-8-14-22-20/h2,5,7-8,13-14,18-19H,1,3-4,6,9-12,15-17H2/t19-/m0/s1. The number of carbonyl (C=O) groups is 1. The van der Waals surface area contributed by atoms with Gasteiger partial charge in [0.05, 0.1) is 12.2 Å². The van der Waals surface area contributed by atoms with Crippen LogP contribution in [0.15, 0.2) is 36.5 Å². The van der Waals surface area contributed by atoms with Crippen molar-refractivity contribution in [1.82, 2.24) is 9.88 Å². The summed E-state index contributed by atoms with van der Waals surface area (Å²) in [4.78, 5) is 19.5. The maximum Gasteiger partial charge on any atom is 0.223 e. The SMILES string of the molecule is O=C(CC1CCCCC1)N(Cc1ccccn1)C[C@H]1CC=CCC1. The first-order valence-corrected chi connectivity index (χ1v) is 9.64. The molecule has 1 atom stereocenters. The number of rotatable bonds is 6. The predicted octanol–water partition coefficient (Wildman–Crippen LogP) is 4.74. The summed E-state index contributed by atoms with van der Waals surface area (Å²) >= 11 is 0. The lowest BCUT2D eigenvalue weighted by atomic mass is 9.86. The van der Waals surface area contributed by atoms with Crippen molar-refractivity contribution in [1.29, 1.82) is 0 Å². The zero-order valence-electron chi connectivity index (χ0n) is 14.7. The first kappa shape index (κ1) is 17.2. The molecule has 0 spiro atoms. The molecule has 0 aromatic carbocycles. The molecule has 0 N–H and O–H groups in total. The van der Waals surface area contributed by atoms with Crippen LogP contribution in [0.1, 0.15) is 63.5 Å². The molecule has 0 saturated heterocycles. The molecule has 1 aromatic heterocycles. The minimum atomic E-state index is 0.335. The van der Waals surface area contributed by atoms with Gasteiger partial charge < -0.3 is 4.90 Å². The molecule has 0 unspecified atom stereocenters. The van der Waals surface area contributed by atoms with Gasteiger partial charge in [-0.15, -0.1) is 0 Å². The average molecular weight is 326 g/mol. The van der Waals surface area contributed by atoms with Crippen molar-refractivity contribution in [3.63, 3.8) is 0 Å². The van der Waals surface area contributed by atoms with Crippen LogP contribution in [0.25, 0.3) is 0 Å². The van der Waals surface area contributed by atoms with E-state index >= 15 is 0 Å². The quantitative estimate of drug-likeness (QED) is 0.708. The fourth-order valence-electron chi connectivity index (χ4n) is 4.04. The van der Waals surface area contributed by atoms with Crippen LogP contribution >= 0.6 is 0 Å². The number of carbonyl (C=O) groups excluding carboxylic acids is 1. The summed E-state index contributed by atoms with van der Waals surface area (Å²) in [6.07, 6.45) is 17.0. The van der Waals surface area contributed by atoms with E-state index in [1.165, 1.54) is 38.5 Å². The summed E-state index contributed by atoms with van der Waals surface area (Å²) in [5.74, 6) is 1.54. The van der Waals surface area contributed by atoms with Crippen LogP contribution in [-0.4, -0.2) is 22.3 Å². The molecule has 2 aliphatic carbocycles. The van der Waals surface area contributed by atoms with Crippen molar-refractivity contribution in [3.8, 4) is 0 Å². The highest BCUT2D eigenvalue weighted by atomic mass is 16.2. The minimum absolute atomic E-state index is 0.335. The van der Waals surface area contributed by atoms with Crippen LogP contribution in [0.3, 0.4) is 0 Å². The number of hydrogen-bond acceptors (Lipinski definition) is 2. The first-order valence-electron chi connectivity index (χ1n) is 9.64. The van der Waals surface area contributed by atoms with Crippen LogP contribution < -0.4 is 0 Å². The number of aromatic nitrogens is 1. The zero-order chi connectivity index (χ0) is 16.6. The van der Waals surface area contributed by atoms with E-state index < -0.39 is 0 Å². The lowest BCUT2D eigenvalue weighted by Crippen LogP contribution is -2.36. The summed E-state index contributed by atoms with van der Waals surface area (Å²) in [5, 5.41) is 0. The molecule has 3 heteroatoms. The van der Waals surface area contributed by atoms with E-state index in [0.717, 1.165) is 31.5 Å². The topological polar surface area (TPSA) is 33.2 Å². The third-order valence-corrected chi connectivity index (χ3v) is 5.48. The van der Waals surface area contributed by atoms with Gasteiger partial charge >= 0.3 is 0 Å². The highest BCUT2D eigenvalue weighted by molar-refractivity contribution is 5.76. The summed E-state index contributed by atoms with van der Waals surface area (Å²) in [7, 11) is 0. The molecule has 3 nitrogen and oxygen atoms in total. The Morgan fingerprint density at radius 3 is 2.67 bits per heavy atom. The second-order valence-corrected chi connectivity index (χ2v) is 7.45. The van der Waals surface area contributed by atoms with Gasteiger partial charge in [-0.1, -0.05) is 37.5 Å². The molecule has 130 valence electrons. The number of hydrogen-bond donors (Lipinski definition) is 0. The molecule has 1 fully saturated rings. The largest absolute Gasteiger partial charge is 0.337 e. The normalized spacial score (nSPS) is 21.6. The third kappa shape index (κ3) is 5.19. The molecule has 24 heavy (non-hydrogen) atoms. The van der Waals surface area contributed by atoms with Crippen molar-refractivity contribution in [3.05, 3.63) is 42.2 Å². The van der Waals surface area contributed by atoms with Crippen LogP contribution in [0.2, 0.25) is 0 Å². The molecular weight excluding hydrogens is 296 g/mol. The van der Waals surface area contributed by atoms with Gasteiger partial charge in [0.25, 0.3) is 0 Å². The highest BCUT2D eigenvalue weighted by Gasteiger charge is 2.24. The van der Waals surface area contributed by atoms with E-state index in [1.807, 2.05) is 24.4 Å². The van der Waals surface area contributed by atoms with E-state index in [9.17, 15) is 4.79 Å². The summed E-state index contributed by atoms with van der Waals surface area (Å²) in [6.45, 7) is 1.54. The van der Waals surface area contributed by atoms with Gasteiger partial charge in [0.1, 0.15) is 0 Å². The predicted molar refractivity (Wildman–Crippen MR) is 97.3 cm³/mol. The average Bonchev–Trinajstić information content (AvgIpc) is 2.64. The Morgan fingerprint density at radius 2 is 1.96 bits per heavy atom. The second-order valence-electron chi connectivity index (χ2n) is 7.45. The smallest absolute Gasteiger partial charge is 0.223 e. The van der Waals surface area contributed by atoms with E-state index in [0.29, 0.717) is 24.3 Å². The molecular formula is C21H30N2O. The van der Waals surface area contributed by atoms with Crippen LogP contribution in [0.5, 0.6) is 0 Å². The van der Waals surface area contributed by atoms with Crippen LogP contribution in [0.4, 0.5) is 0 Å². The van der Waals surface area contributed by atoms with Gasteiger partial charge in [-0.05, 0) is 56.1 Å². The minimum Gasteiger partial charge on any atom is -0.337 e. The lowest BCUT2D eigenvalue weighted by Gasteiger charge is -2.30. The molecule has 1 amide bonds. The third-order valence-electron chi connectivity index (χ3n) is 5.48. The van der Waals surface area contributed by atoms with Crippen molar-refractivity contribution in [2.24, 2.45) is 11.8 Å². The molecule has 1 heterocycles. The van der Waals surface area contributed by atoms with Gasteiger partial charge in [-0.25, -0.2) is 0 Å². The van der Waals surface area contributed by atoms with Crippen molar-refractivity contribution in [2.75, 3.05) is 6.54 Å². The highest BCUT2D eigenvalue weighted by Crippen LogP contribution is 2.28. The molecule has 0 radical (unpaired) electrons. The van der Waals surface area contributed by atoms with Crippen molar-refractivity contribution >= 4 is 5.91 Å². The van der Waals surface area contributed by atoms with Gasteiger partial charge in [0.15, 0.2) is 0 Å². The van der Waals surface area contributed by atoms with Crippen molar-refractivity contribution < 1.29 is 4.79 Å². The molecule has 1 saturated carbocycles. The van der Waals surface area contributed by atoms with E-state index in [4.69, 9.17) is 0 Å². The Labute approximate surface area is 146 Å². The molecule has 3 rings (SSSR count). The Bertz CT molecular complexity index is 534. The summed E-state index contributed by atoms with van der Waals surface area (Å²) in [5.41, 5.74) is 1.00. The second kappa shape index (κ2) is 9.00. The summed E-state index contributed by atoms with van der Waals surface area (Å²) < 4.78 is 0. The molecule has 0 bridgehead atoms. The molecule has 0 aliphatic heterocycles. The van der Waals surface area contributed by atoms with E-state index in [1.54, 1.807) is 0 Å². The Kier molecular flexibility index (Phi) is 6.45. The van der Waals surface area contributed by atoms with Crippen LogP contribution in [0, 0.1) is 11.8 Å². The number of nitrogens with zero attached hydrogens (tertiary/aromatic N) is 2. The number of pyridine rings is 1. The van der Waals surface area contributed by atoms with Gasteiger partial charge in [-0.3, -0.25) is 9.78 Å². The van der Waals surface area contributed by atoms with Gasteiger partial charge in [-0.2, -0.15) is 0 Å². The van der Waals surface area contributed by atoms with Crippen LogP contribution in [-0.2, 0) is 11.3 Å². The van der Waals surface area contributed by atoms with Gasteiger partial charge in [0.2, 0.25) is 5.91 Å². The maximum absolute atomic E-state index is 13.0. The fourth-order valence-corrected chi connectivity index (χ4v) is 4.04. The zero-order valence-corrected chi connectivity index (χ0v) is 14.7. The first-order chi connectivity index (χ1) is 11.8. The number of allylic oxidation sites excluding steroid dienone is 2. The van der Waals surface area contributed by atoms with Crippen molar-refractivity contribution in [2.45, 2.75) is 64.3 Å². The van der Waals surface area contributed by atoms with E-state index in [2.05, 4.69) is 22.0 Å². The Balaban J connectivity index is 1.63. The van der Waals surface area contributed by atoms with Gasteiger partial charge in [0, 0.05) is 19.2 Å². The monoisotopic (exact) mass is 326 g/mol. The fraction of sp³-hybridized carbons (Fsp3) is 0.619. The molecule has 1 aromatic rings. The number of amides is 1.